The summed E-state index contributed by atoms with van der Waals surface area (Å²) < 4.78 is 11.3. The minimum Gasteiger partial charge on any atom is -0.497 e. The van der Waals surface area contributed by atoms with Crippen LogP contribution in [0.25, 0.3) is 11.4 Å². The molecule has 6 nitrogen and oxygen atoms in total. The summed E-state index contributed by atoms with van der Waals surface area (Å²) in [6.07, 6.45) is 5.32. The molecule has 0 aliphatic carbocycles. The minimum atomic E-state index is 0.221. The highest BCUT2D eigenvalue weighted by atomic mass is 35.5. The van der Waals surface area contributed by atoms with Crippen molar-refractivity contribution in [3.8, 4) is 17.1 Å². The Bertz CT molecular complexity index is 1260. The summed E-state index contributed by atoms with van der Waals surface area (Å²) in [5.41, 5.74) is 4.22. The van der Waals surface area contributed by atoms with Crippen molar-refractivity contribution in [1.29, 1.82) is 0 Å². The normalized spacial score (nSPS) is 13.9. The Morgan fingerprint density at radius 3 is 2.68 bits per heavy atom. The van der Waals surface area contributed by atoms with Gasteiger partial charge >= 0.3 is 0 Å². The first kappa shape index (κ1) is 24.0. The molecule has 2 aromatic heterocycles. The summed E-state index contributed by atoms with van der Waals surface area (Å²) in [6.45, 7) is 6.93. The monoisotopic (exact) mass is 496 g/mol. The van der Waals surface area contributed by atoms with Crippen molar-refractivity contribution in [3.05, 3.63) is 87.8 Å². The van der Waals surface area contributed by atoms with Crippen LogP contribution in [-0.2, 0) is 11.3 Å². The van der Waals surface area contributed by atoms with Gasteiger partial charge in [0.2, 0.25) is 0 Å². The Morgan fingerprint density at radius 1 is 1.09 bits per heavy atom. The first-order chi connectivity index (χ1) is 16.4. The molecule has 0 fully saturated rings. The smallest absolute Gasteiger partial charge is 0.137 e. The SMILES string of the molecule is COc1cccc(COC2=C(Cl)CN(c3cc(-c4ccnc(C(C)C)n4)ncc3Cl)C(C)=C2)c1. The number of hydrogen-bond donors (Lipinski definition) is 0. The maximum Gasteiger partial charge on any atom is 0.137 e. The fourth-order valence-corrected chi connectivity index (χ4v) is 4.01. The van der Waals surface area contributed by atoms with Crippen molar-refractivity contribution in [2.45, 2.75) is 33.3 Å². The van der Waals surface area contributed by atoms with Gasteiger partial charge in [0.1, 0.15) is 23.9 Å². The molecule has 34 heavy (non-hydrogen) atoms. The molecule has 8 heteroatoms. The number of halogens is 2. The van der Waals surface area contributed by atoms with E-state index in [4.69, 9.17) is 32.7 Å². The molecule has 0 spiro atoms. The van der Waals surface area contributed by atoms with Gasteiger partial charge in [-0.05, 0) is 36.8 Å². The third-order valence-corrected chi connectivity index (χ3v) is 6.03. The number of nitrogens with zero attached hydrogens (tertiary/aromatic N) is 4. The topological polar surface area (TPSA) is 60.4 Å². The number of ether oxygens (including phenoxy) is 2. The van der Waals surface area contributed by atoms with Gasteiger partial charge in [0.25, 0.3) is 0 Å². The molecular formula is C26H26Cl2N4O2. The molecule has 4 rings (SSSR count). The molecule has 0 saturated carbocycles. The zero-order valence-electron chi connectivity index (χ0n) is 19.5. The first-order valence-corrected chi connectivity index (χ1v) is 11.7. The van der Waals surface area contributed by atoms with Gasteiger partial charge < -0.3 is 14.4 Å². The van der Waals surface area contributed by atoms with Crippen LogP contribution >= 0.6 is 23.2 Å². The maximum atomic E-state index is 6.65. The first-order valence-electron chi connectivity index (χ1n) is 10.9. The van der Waals surface area contributed by atoms with Crippen LogP contribution in [0, 0.1) is 0 Å². The molecule has 1 aliphatic rings. The van der Waals surface area contributed by atoms with Crippen LogP contribution < -0.4 is 9.64 Å². The summed E-state index contributed by atoms with van der Waals surface area (Å²) in [4.78, 5) is 15.5. The summed E-state index contributed by atoms with van der Waals surface area (Å²) in [7, 11) is 1.64. The van der Waals surface area contributed by atoms with Crippen molar-refractivity contribution < 1.29 is 9.47 Å². The highest BCUT2D eigenvalue weighted by molar-refractivity contribution is 6.33. The van der Waals surface area contributed by atoms with Crippen LogP contribution in [0.3, 0.4) is 0 Å². The zero-order chi connectivity index (χ0) is 24.2. The predicted octanol–water partition coefficient (Wildman–Crippen LogP) is 6.72. The van der Waals surface area contributed by atoms with Gasteiger partial charge in [-0.3, -0.25) is 4.98 Å². The number of aromatic nitrogens is 3. The molecule has 3 heterocycles. The maximum absolute atomic E-state index is 6.65. The van der Waals surface area contributed by atoms with E-state index in [1.165, 1.54) is 0 Å². The number of pyridine rings is 1. The minimum absolute atomic E-state index is 0.221. The van der Waals surface area contributed by atoms with E-state index in [2.05, 4.69) is 28.8 Å². The van der Waals surface area contributed by atoms with Crippen LogP contribution in [0.4, 0.5) is 5.69 Å². The van der Waals surface area contributed by atoms with Crippen molar-refractivity contribution in [2.24, 2.45) is 0 Å². The summed E-state index contributed by atoms with van der Waals surface area (Å²) >= 11 is 13.2. The van der Waals surface area contributed by atoms with Gasteiger partial charge in [0.05, 0.1) is 40.8 Å². The molecule has 0 unspecified atom stereocenters. The number of rotatable bonds is 7. The van der Waals surface area contributed by atoms with Gasteiger partial charge in [-0.2, -0.15) is 0 Å². The highest BCUT2D eigenvalue weighted by Crippen LogP contribution is 2.35. The average Bonchev–Trinajstić information content (AvgIpc) is 2.85. The molecule has 176 valence electrons. The lowest BCUT2D eigenvalue weighted by molar-refractivity contribution is 0.207. The van der Waals surface area contributed by atoms with Crippen molar-refractivity contribution in [3.63, 3.8) is 0 Å². The van der Waals surface area contributed by atoms with E-state index in [-0.39, 0.29) is 5.92 Å². The third-order valence-electron chi connectivity index (χ3n) is 5.44. The number of hydrogen-bond acceptors (Lipinski definition) is 6. The largest absolute Gasteiger partial charge is 0.497 e. The number of allylic oxidation sites excluding steroid dienone is 2. The standard InChI is InChI=1S/C26H26Cl2N4O2/c1-16(2)26-29-9-8-22(31-26)23-12-24(20(27)13-30-23)32-14-21(28)25(10-17(32)3)34-15-18-6-5-7-19(11-18)33-4/h5-13,16H,14-15H2,1-4H3. The summed E-state index contributed by atoms with van der Waals surface area (Å²) in [6, 6.07) is 11.5. The highest BCUT2D eigenvalue weighted by Gasteiger charge is 2.22. The van der Waals surface area contributed by atoms with E-state index >= 15 is 0 Å². The molecule has 0 bridgehead atoms. The Kier molecular flexibility index (Phi) is 7.39. The van der Waals surface area contributed by atoms with Crippen LogP contribution in [-0.4, -0.2) is 28.6 Å². The van der Waals surface area contributed by atoms with Gasteiger partial charge in [-0.1, -0.05) is 49.2 Å². The lowest BCUT2D eigenvalue weighted by Crippen LogP contribution is -2.27. The number of methoxy groups -OCH3 is 1. The van der Waals surface area contributed by atoms with Crippen LogP contribution in [0.1, 0.15) is 38.1 Å². The number of anilines is 1. The Morgan fingerprint density at radius 2 is 1.91 bits per heavy atom. The summed E-state index contributed by atoms with van der Waals surface area (Å²) in [5, 5.41) is 1.12. The molecule has 3 aromatic rings. The second kappa shape index (κ2) is 10.5. The van der Waals surface area contributed by atoms with Gasteiger partial charge in [0.15, 0.2) is 0 Å². The zero-order valence-corrected chi connectivity index (χ0v) is 21.1. The van der Waals surface area contributed by atoms with Crippen LogP contribution in [0.5, 0.6) is 5.75 Å². The molecular weight excluding hydrogens is 471 g/mol. The fourth-order valence-electron chi connectivity index (χ4n) is 3.58. The van der Waals surface area contributed by atoms with Crippen LogP contribution in [0.2, 0.25) is 5.02 Å². The van der Waals surface area contributed by atoms with Gasteiger partial charge in [-0.15, -0.1) is 0 Å². The molecule has 0 atom stereocenters. The van der Waals surface area contributed by atoms with Crippen molar-refractivity contribution in [2.75, 3.05) is 18.6 Å². The van der Waals surface area contributed by atoms with Crippen molar-refractivity contribution >= 4 is 28.9 Å². The van der Waals surface area contributed by atoms with E-state index < -0.39 is 0 Å². The van der Waals surface area contributed by atoms with E-state index in [0.717, 1.165) is 39.9 Å². The molecule has 0 N–H and O–H groups in total. The molecule has 0 radical (unpaired) electrons. The van der Waals surface area contributed by atoms with Gasteiger partial charge in [0, 0.05) is 30.1 Å². The predicted molar refractivity (Wildman–Crippen MR) is 136 cm³/mol. The quantitative estimate of drug-likeness (QED) is 0.361. The molecule has 1 aromatic carbocycles. The second-order valence-corrected chi connectivity index (χ2v) is 9.12. The lowest BCUT2D eigenvalue weighted by atomic mass is 10.1. The van der Waals surface area contributed by atoms with Crippen molar-refractivity contribution in [1.82, 2.24) is 15.0 Å². The Labute approximate surface area is 209 Å². The number of benzene rings is 1. The molecule has 0 amide bonds. The van der Waals surface area contributed by atoms with E-state index in [0.29, 0.717) is 29.0 Å². The van der Waals surface area contributed by atoms with Gasteiger partial charge in [-0.25, -0.2) is 9.97 Å². The Hall–Kier alpha value is -3.09. The van der Waals surface area contributed by atoms with E-state index in [9.17, 15) is 0 Å². The molecule has 1 aliphatic heterocycles. The van der Waals surface area contributed by atoms with E-state index in [1.54, 1.807) is 19.5 Å². The lowest BCUT2D eigenvalue weighted by Gasteiger charge is -2.30. The Balaban J connectivity index is 1.55. The van der Waals surface area contributed by atoms with E-state index in [1.807, 2.05) is 54.3 Å². The fraction of sp³-hybridized carbons (Fsp3) is 0.269. The average molecular weight is 497 g/mol. The third kappa shape index (κ3) is 5.34. The molecule has 0 saturated heterocycles. The van der Waals surface area contributed by atoms with Crippen LogP contribution in [0.15, 0.2) is 71.4 Å². The second-order valence-electron chi connectivity index (χ2n) is 8.26. The summed E-state index contributed by atoms with van der Waals surface area (Å²) in [5.74, 6) is 2.42.